The van der Waals surface area contributed by atoms with E-state index in [0.717, 1.165) is 29.7 Å². The van der Waals surface area contributed by atoms with E-state index in [1.807, 2.05) is 24.0 Å². The molecule has 0 aromatic carbocycles. The number of rotatable bonds is 5. The first-order valence-corrected chi connectivity index (χ1v) is 9.37. The van der Waals surface area contributed by atoms with Crippen molar-refractivity contribution in [1.82, 2.24) is 15.1 Å². The van der Waals surface area contributed by atoms with Crippen molar-refractivity contribution in [2.45, 2.75) is 31.8 Å². The maximum atomic E-state index is 12.2. The molecule has 1 unspecified atom stereocenters. The summed E-state index contributed by atoms with van der Waals surface area (Å²) >= 11 is 2.09. The number of nitrogens with one attached hydrogen (secondary N) is 1. The van der Waals surface area contributed by atoms with Crippen molar-refractivity contribution in [3.63, 3.8) is 0 Å². The van der Waals surface area contributed by atoms with Crippen molar-refractivity contribution >= 4 is 40.5 Å². The van der Waals surface area contributed by atoms with Gasteiger partial charge in [-0.1, -0.05) is 0 Å². The number of piperazine rings is 1. The molecule has 2 fully saturated rings. The number of hydrogen-bond donors (Lipinski definition) is 1. The van der Waals surface area contributed by atoms with Crippen LogP contribution in [0.1, 0.15) is 25.5 Å². The molecular formula is C17H22IN3O3. The summed E-state index contributed by atoms with van der Waals surface area (Å²) in [7, 11) is 0. The van der Waals surface area contributed by atoms with Crippen LogP contribution in [0.25, 0.3) is 6.08 Å². The number of halogens is 1. The van der Waals surface area contributed by atoms with E-state index >= 15 is 0 Å². The first kappa shape index (κ1) is 17.5. The molecule has 1 N–H and O–H groups in total. The predicted octanol–water partition coefficient (Wildman–Crippen LogP) is 1.71. The van der Waals surface area contributed by atoms with E-state index in [1.54, 1.807) is 12.2 Å². The molecular weight excluding hydrogens is 421 g/mol. The lowest BCUT2D eigenvalue weighted by Gasteiger charge is -2.37. The first-order valence-electron chi connectivity index (χ1n) is 8.29. The Balaban J connectivity index is 1.46. The van der Waals surface area contributed by atoms with Gasteiger partial charge >= 0.3 is 0 Å². The molecule has 1 aromatic heterocycles. The van der Waals surface area contributed by atoms with E-state index in [-0.39, 0.29) is 17.9 Å². The van der Waals surface area contributed by atoms with E-state index in [0.29, 0.717) is 24.9 Å². The summed E-state index contributed by atoms with van der Waals surface area (Å²) in [5.74, 6) is 0.762. The molecule has 3 rings (SSSR count). The monoisotopic (exact) mass is 443 g/mol. The van der Waals surface area contributed by atoms with Gasteiger partial charge in [-0.15, -0.1) is 0 Å². The van der Waals surface area contributed by atoms with Gasteiger partial charge in [0.2, 0.25) is 11.8 Å². The SMILES string of the molecule is CC(C(=O)NC1CC1)N1CCN(C(=O)/C=C/c2ccc(I)o2)CC1. The normalized spacial score (nSPS) is 20.3. The third-order valence-electron chi connectivity index (χ3n) is 4.46. The van der Waals surface area contributed by atoms with E-state index in [2.05, 4.69) is 32.8 Å². The van der Waals surface area contributed by atoms with Gasteiger partial charge in [-0.25, -0.2) is 0 Å². The third kappa shape index (κ3) is 4.60. The van der Waals surface area contributed by atoms with Crippen LogP contribution in [0.3, 0.4) is 0 Å². The molecule has 1 saturated carbocycles. The largest absolute Gasteiger partial charge is 0.451 e. The van der Waals surface area contributed by atoms with Crippen LogP contribution in [0.2, 0.25) is 0 Å². The lowest BCUT2D eigenvalue weighted by molar-refractivity contribution is -0.130. The highest BCUT2D eigenvalue weighted by Crippen LogP contribution is 2.19. The van der Waals surface area contributed by atoms with Gasteiger partial charge in [-0.05, 0) is 60.6 Å². The quantitative estimate of drug-likeness (QED) is 0.556. The van der Waals surface area contributed by atoms with Gasteiger partial charge in [-0.2, -0.15) is 0 Å². The van der Waals surface area contributed by atoms with Gasteiger partial charge in [-0.3, -0.25) is 14.5 Å². The number of hydrogen-bond acceptors (Lipinski definition) is 4. The van der Waals surface area contributed by atoms with Crippen LogP contribution in [0.5, 0.6) is 0 Å². The molecule has 24 heavy (non-hydrogen) atoms. The average molecular weight is 443 g/mol. The predicted molar refractivity (Wildman–Crippen MR) is 99.2 cm³/mol. The number of nitrogens with zero attached hydrogens (tertiary/aromatic N) is 2. The fourth-order valence-electron chi connectivity index (χ4n) is 2.72. The van der Waals surface area contributed by atoms with Gasteiger partial charge in [0.05, 0.1) is 6.04 Å². The molecule has 1 atom stereocenters. The van der Waals surface area contributed by atoms with Crippen LogP contribution in [0.4, 0.5) is 0 Å². The maximum absolute atomic E-state index is 12.2. The number of amides is 2. The van der Waals surface area contributed by atoms with Crippen molar-refractivity contribution in [3.8, 4) is 0 Å². The van der Waals surface area contributed by atoms with Gasteiger partial charge in [0.15, 0.2) is 3.77 Å². The molecule has 0 spiro atoms. The Labute approximate surface area is 155 Å². The number of furan rings is 1. The minimum atomic E-state index is -0.136. The van der Waals surface area contributed by atoms with Gasteiger partial charge in [0, 0.05) is 38.3 Å². The molecule has 2 amide bonds. The van der Waals surface area contributed by atoms with Crippen molar-refractivity contribution in [2.75, 3.05) is 26.2 Å². The summed E-state index contributed by atoms with van der Waals surface area (Å²) in [6.45, 7) is 4.66. The van der Waals surface area contributed by atoms with E-state index in [4.69, 9.17) is 4.42 Å². The molecule has 7 heteroatoms. The Bertz CT molecular complexity index is 631. The topological polar surface area (TPSA) is 65.8 Å². The van der Waals surface area contributed by atoms with Crippen molar-refractivity contribution in [3.05, 3.63) is 27.7 Å². The molecule has 2 aliphatic rings. The second kappa shape index (κ2) is 7.69. The molecule has 0 bridgehead atoms. The van der Waals surface area contributed by atoms with E-state index in [1.165, 1.54) is 0 Å². The van der Waals surface area contributed by atoms with Crippen LogP contribution in [0.15, 0.2) is 22.6 Å². The summed E-state index contributed by atoms with van der Waals surface area (Å²) in [4.78, 5) is 28.3. The van der Waals surface area contributed by atoms with Crippen molar-refractivity contribution in [1.29, 1.82) is 0 Å². The minimum Gasteiger partial charge on any atom is -0.451 e. The number of carbonyl (C=O) groups is 2. The Morgan fingerprint density at radius 2 is 2.00 bits per heavy atom. The van der Waals surface area contributed by atoms with Gasteiger partial charge < -0.3 is 14.6 Å². The van der Waals surface area contributed by atoms with Crippen molar-refractivity contribution in [2.24, 2.45) is 0 Å². The second-order valence-electron chi connectivity index (χ2n) is 6.30. The highest BCUT2D eigenvalue weighted by Gasteiger charge is 2.30. The van der Waals surface area contributed by atoms with Crippen LogP contribution < -0.4 is 5.32 Å². The van der Waals surface area contributed by atoms with Crippen molar-refractivity contribution < 1.29 is 14.0 Å². The highest BCUT2D eigenvalue weighted by atomic mass is 127. The van der Waals surface area contributed by atoms with E-state index < -0.39 is 0 Å². The molecule has 2 heterocycles. The fourth-order valence-corrected chi connectivity index (χ4v) is 3.16. The van der Waals surface area contributed by atoms with E-state index in [9.17, 15) is 9.59 Å². The highest BCUT2D eigenvalue weighted by molar-refractivity contribution is 14.1. The molecule has 130 valence electrons. The molecule has 0 radical (unpaired) electrons. The van der Waals surface area contributed by atoms with Gasteiger partial charge in [0.25, 0.3) is 0 Å². The fraction of sp³-hybridized carbons (Fsp3) is 0.529. The summed E-state index contributed by atoms with van der Waals surface area (Å²) in [6.07, 6.45) is 5.44. The smallest absolute Gasteiger partial charge is 0.246 e. The summed E-state index contributed by atoms with van der Waals surface area (Å²) in [5.41, 5.74) is 0. The molecule has 1 aromatic rings. The first-order chi connectivity index (χ1) is 11.5. The zero-order valence-corrected chi connectivity index (χ0v) is 15.9. The maximum Gasteiger partial charge on any atom is 0.246 e. The zero-order chi connectivity index (χ0) is 17.1. The average Bonchev–Trinajstić information content (AvgIpc) is 3.31. The Morgan fingerprint density at radius 1 is 1.29 bits per heavy atom. The zero-order valence-electron chi connectivity index (χ0n) is 13.7. The molecule has 1 aliphatic heterocycles. The standard InChI is InChI=1S/C17H22IN3O3/c1-12(17(23)19-13-2-3-13)20-8-10-21(11-9-20)16(22)7-5-14-4-6-15(18)24-14/h4-7,12-13H,2-3,8-11H2,1H3,(H,19,23)/b7-5+. The Kier molecular flexibility index (Phi) is 5.60. The van der Waals surface area contributed by atoms with Crippen LogP contribution in [-0.4, -0.2) is 59.9 Å². The number of carbonyl (C=O) groups excluding carboxylic acids is 2. The summed E-state index contributed by atoms with van der Waals surface area (Å²) < 4.78 is 6.21. The van der Waals surface area contributed by atoms with Crippen LogP contribution in [0, 0.1) is 3.77 Å². The molecule has 1 aliphatic carbocycles. The summed E-state index contributed by atoms with van der Waals surface area (Å²) in [6, 6.07) is 3.95. The Morgan fingerprint density at radius 3 is 2.58 bits per heavy atom. The molecule has 6 nitrogen and oxygen atoms in total. The summed E-state index contributed by atoms with van der Waals surface area (Å²) in [5, 5.41) is 3.04. The lowest BCUT2D eigenvalue weighted by Crippen LogP contribution is -2.55. The Hall–Kier alpha value is -1.35. The second-order valence-corrected chi connectivity index (χ2v) is 7.36. The minimum absolute atomic E-state index is 0.0175. The lowest BCUT2D eigenvalue weighted by atomic mass is 10.2. The van der Waals surface area contributed by atoms with Crippen LogP contribution in [-0.2, 0) is 9.59 Å². The third-order valence-corrected chi connectivity index (χ3v) is 5.04. The van der Waals surface area contributed by atoms with Gasteiger partial charge in [0.1, 0.15) is 5.76 Å². The molecule has 1 saturated heterocycles. The van der Waals surface area contributed by atoms with Crippen LogP contribution >= 0.6 is 22.6 Å².